The summed E-state index contributed by atoms with van der Waals surface area (Å²) in [7, 11) is 5.65. The fourth-order valence-electron chi connectivity index (χ4n) is 3.86. The highest BCUT2D eigenvalue weighted by molar-refractivity contribution is 5.89. The van der Waals surface area contributed by atoms with Gasteiger partial charge in [0.1, 0.15) is 5.75 Å². The Kier molecular flexibility index (Phi) is 7.89. The Morgan fingerprint density at radius 1 is 1.10 bits per heavy atom. The average Bonchev–Trinajstić information content (AvgIpc) is 2.79. The molecule has 7 heteroatoms. The molecule has 0 unspecified atom stereocenters. The molecule has 2 aromatic rings. The van der Waals surface area contributed by atoms with Gasteiger partial charge in [-0.15, -0.1) is 0 Å². The highest BCUT2D eigenvalue weighted by atomic mass is 16.5. The number of para-hydroxylation sites is 1. The van der Waals surface area contributed by atoms with Crippen molar-refractivity contribution in [1.29, 1.82) is 0 Å². The minimum atomic E-state index is -0.115. The highest BCUT2D eigenvalue weighted by Crippen LogP contribution is 2.23. The zero-order valence-electron chi connectivity index (χ0n) is 18.5. The maximum atomic E-state index is 12.8. The summed E-state index contributed by atoms with van der Waals surface area (Å²) in [5, 5.41) is 6.02. The third kappa shape index (κ3) is 6.21. The standard InChI is InChI=1S/C24H32N4O3/c1-27(2)22(19-8-7-11-21(16-19)31-3)17-25-23(29)18-12-14-28(15-13-18)24(30)26-20-9-5-4-6-10-20/h4-11,16,18,22H,12-15,17H2,1-3H3,(H,25,29)(H,26,30)/t22-/m1/s1. The van der Waals surface area contributed by atoms with E-state index in [9.17, 15) is 9.59 Å². The second-order valence-electron chi connectivity index (χ2n) is 8.06. The Bertz CT molecular complexity index is 864. The van der Waals surface area contributed by atoms with E-state index in [1.807, 2.05) is 68.7 Å². The predicted octanol–water partition coefficient (Wildman–Crippen LogP) is 3.36. The van der Waals surface area contributed by atoms with Crippen LogP contribution in [0.1, 0.15) is 24.4 Å². The minimum absolute atomic E-state index is 0.0517. The topological polar surface area (TPSA) is 73.9 Å². The fourth-order valence-corrected chi connectivity index (χ4v) is 3.86. The summed E-state index contributed by atoms with van der Waals surface area (Å²) in [5.74, 6) is 0.781. The molecule has 1 atom stereocenters. The van der Waals surface area contributed by atoms with E-state index in [1.54, 1.807) is 12.0 Å². The lowest BCUT2D eigenvalue weighted by atomic mass is 9.95. The summed E-state index contributed by atoms with van der Waals surface area (Å²) in [6, 6.07) is 17.3. The van der Waals surface area contributed by atoms with Gasteiger partial charge in [-0.3, -0.25) is 4.79 Å². The van der Waals surface area contributed by atoms with Crippen molar-refractivity contribution in [2.75, 3.05) is 46.2 Å². The zero-order valence-corrected chi connectivity index (χ0v) is 18.5. The van der Waals surface area contributed by atoms with Crippen molar-refractivity contribution >= 4 is 17.6 Å². The fraction of sp³-hybridized carbons (Fsp3) is 0.417. The van der Waals surface area contributed by atoms with Crippen LogP contribution in [-0.2, 0) is 4.79 Å². The Morgan fingerprint density at radius 3 is 2.45 bits per heavy atom. The number of carbonyl (C=O) groups is 2. The number of hydrogen-bond donors (Lipinski definition) is 2. The van der Waals surface area contributed by atoms with Gasteiger partial charge in [0.25, 0.3) is 0 Å². The van der Waals surface area contributed by atoms with Crippen molar-refractivity contribution in [2.24, 2.45) is 5.92 Å². The van der Waals surface area contributed by atoms with Crippen LogP contribution in [0.4, 0.5) is 10.5 Å². The first-order valence-corrected chi connectivity index (χ1v) is 10.7. The van der Waals surface area contributed by atoms with Crippen LogP contribution < -0.4 is 15.4 Å². The molecule has 2 aromatic carbocycles. The van der Waals surface area contributed by atoms with Gasteiger partial charge in [-0.2, -0.15) is 0 Å². The van der Waals surface area contributed by atoms with Crippen LogP contribution in [0.15, 0.2) is 54.6 Å². The number of benzene rings is 2. The minimum Gasteiger partial charge on any atom is -0.497 e. The monoisotopic (exact) mass is 424 g/mol. The Balaban J connectivity index is 1.49. The van der Waals surface area contributed by atoms with Crippen molar-refractivity contribution in [3.63, 3.8) is 0 Å². The molecule has 1 heterocycles. The van der Waals surface area contributed by atoms with Crippen LogP contribution in [0, 0.1) is 5.92 Å². The van der Waals surface area contributed by atoms with E-state index in [4.69, 9.17) is 4.74 Å². The molecule has 31 heavy (non-hydrogen) atoms. The molecule has 1 aliphatic heterocycles. The predicted molar refractivity (Wildman–Crippen MR) is 122 cm³/mol. The molecule has 1 aliphatic rings. The third-order valence-electron chi connectivity index (χ3n) is 5.75. The lowest BCUT2D eigenvalue weighted by molar-refractivity contribution is -0.126. The first-order chi connectivity index (χ1) is 15.0. The molecule has 0 bridgehead atoms. The summed E-state index contributed by atoms with van der Waals surface area (Å²) in [5.41, 5.74) is 1.87. The number of likely N-dealkylation sites (tertiary alicyclic amines) is 1. The number of rotatable bonds is 7. The zero-order chi connectivity index (χ0) is 22.2. The van der Waals surface area contributed by atoms with Gasteiger partial charge in [0, 0.05) is 31.2 Å². The first kappa shape index (κ1) is 22.6. The summed E-state index contributed by atoms with van der Waals surface area (Å²) in [4.78, 5) is 29.1. The number of carbonyl (C=O) groups excluding carboxylic acids is 2. The normalized spacial score (nSPS) is 15.4. The lowest BCUT2D eigenvalue weighted by Crippen LogP contribution is -2.45. The van der Waals surface area contributed by atoms with E-state index in [1.165, 1.54) is 0 Å². The number of ether oxygens (including phenoxy) is 1. The van der Waals surface area contributed by atoms with E-state index in [0.717, 1.165) is 17.0 Å². The number of urea groups is 1. The number of methoxy groups -OCH3 is 1. The van der Waals surface area contributed by atoms with Crippen molar-refractivity contribution in [1.82, 2.24) is 15.1 Å². The molecule has 0 aliphatic carbocycles. The molecule has 3 amide bonds. The van der Waals surface area contributed by atoms with Gasteiger partial charge in [-0.25, -0.2) is 4.79 Å². The second kappa shape index (κ2) is 10.8. The molecule has 0 saturated carbocycles. The first-order valence-electron chi connectivity index (χ1n) is 10.7. The molecule has 0 spiro atoms. The largest absolute Gasteiger partial charge is 0.497 e. The maximum Gasteiger partial charge on any atom is 0.321 e. The van der Waals surface area contributed by atoms with Crippen LogP contribution in [0.2, 0.25) is 0 Å². The summed E-state index contributed by atoms with van der Waals surface area (Å²) >= 11 is 0. The van der Waals surface area contributed by atoms with Crippen LogP contribution in [0.5, 0.6) is 5.75 Å². The van der Waals surface area contributed by atoms with E-state index < -0.39 is 0 Å². The Hall–Kier alpha value is -3.06. The number of hydrogen-bond acceptors (Lipinski definition) is 4. The van der Waals surface area contributed by atoms with Crippen molar-refractivity contribution in [3.8, 4) is 5.75 Å². The molecular weight excluding hydrogens is 392 g/mol. The van der Waals surface area contributed by atoms with E-state index in [0.29, 0.717) is 32.5 Å². The van der Waals surface area contributed by atoms with E-state index in [-0.39, 0.29) is 23.9 Å². The quantitative estimate of drug-likeness (QED) is 0.715. The van der Waals surface area contributed by atoms with Crippen molar-refractivity contribution in [2.45, 2.75) is 18.9 Å². The summed E-state index contributed by atoms with van der Waals surface area (Å²) in [6.07, 6.45) is 1.33. The number of piperidine rings is 1. The molecule has 1 fully saturated rings. The van der Waals surface area contributed by atoms with Gasteiger partial charge in [0.15, 0.2) is 0 Å². The summed E-state index contributed by atoms with van der Waals surface area (Å²) in [6.45, 7) is 1.67. The molecule has 166 valence electrons. The lowest BCUT2D eigenvalue weighted by Gasteiger charge is -2.32. The number of amides is 3. The molecule has 7 nitrogen and oxygen atoms in total. The Morgan fingerprint density at radius 2 is 1.81 bits per heavy atom. The third-order valence-corrected chi connectivity index (χ3v) is 5.75. The van der Waals surface area contributed by atoms with Gasteiger partial charge in [0.2, 0.25) is 5.91 Å². The summed E-state index contributed by atoms with van der Waals surface area (Å²) < 4.78 is 5.33. The van der Waals surface area contributed by atoms with Crippen LogP contribution in [0.25, 0.3) is 0 Å². The smallest absolute Gasteiger partial charge is 0.321 e. The van der Waals surface area contributed by atoms with Gasteiger partial charge in [-0.05, 0) is 56.8 Å². The van der Waals surface area contributed by atoms with Gasteiger partial charge in [0.05, 0.1) is 13.2 Å². The second-order valence-corrected chi connectivity index (χ2v) is 8.06. The van der Waals surface area contributed by atoms with Crippen molar-refractivity contribution in [3.05, 3.63) is 60.2 Å². The Labute approximate surface area is 184 Å². The van der Waals surface area contributed by atoms with Gasteiger partial charge in [-0.1, -0.05) is 30.3 Å². The highest BCUT2D eigenvalue weighted by Gasteiger charge is 2.28. The number of nitrogens with one attached hydrogen (secondary N) is 2. The average molecular weight is 425 g/mol. The van der Waals surface area contributed by atoms with Crippen LogP contribution >= 0.6 is 0 Å². The number of anilines is 1. The maximum absolute atomic E-state index is 12.8. The van der Waals surface area contributed by atoms with Gasteiger partial charge >= 0.3 is 6.03 Å². The van der Waals surface area contributed by atoms with Gasteiger partial charge < -0.3 is 25.2 Å². The van der Waals surface area contributed by atoms with Crippen molar-refractivity contribution < 1.29 is 14.3 Å². The number of likely N-dealkylation sites (N-methyl/N-ethyl adjacent to an activating group) is 1. The van der Waals surface area contributed by atoms with Crippen LogP contribution in [-0.4, -0.2) is 62.6 Å². The number of nitrogens with zero attached hydrogens (tertiary/aromatic N) is 2. The molecular formula is C24H32N4O3. The van der Waals surface area contributed by atoms with Crippen LogP contribution in [0.3, 0.4) is 0 Å². The molecule has 1 saturated heterocycles. The molecule has 2 N–H and O–H groups in total. The van der Waals surface area contributed by atoms with E-state index >= 15 is 0 Å². The molecule has 3 rings (SSSR count). The molecule has 0 radical (unpaired) electrons. The SMILES string of the molecule is COc1cccc([C@@H](CNC(=O)C2CCN(C(=O)Nc3ccccc3)CC2)N(C)C)c1. The molecule has 0 aromatic heterocycles. The van der Waals surface area contributed by atoms with E-state index in [2.05, 4.69) is 15.5 Å².